The molecule has 0 saturated heterocycles. The van der Waals surface area contributed by atoms with Gasteiger partial charge < -0.3 is 5.32 Å². The smallest absolute Gasteiger partial charge is 0.251 e. The lowest BCUT2D eigenvalue weighted by Crippen LogP contribution is -2.38. The predicted molar refractivity (Wildman–Crippen MR) is 77.5 cm³/mol. The zero-order chi connectivity index (χ0) is 13.2. The highest BCUT2D eigenvalue weighted by Crippen LogP contribution is 2.38. The minimum absolute atomic E-state index is 0.123. The molecule has 1 saturated carbocycles. The van der Waals surface area contributed by atoms with Crippen molar-refractivity contribution in [2.24, 2.45) is 5.92 Å². The first kappa shape index (κ1) is 12.7. The second-order valence-corrected chi connectivity index (χ2v) is 5.99. The van der Waals surface area contributed by atoms with Gasteiger partial charge in [0.1, 0.15) is 0 Å². The molecule has 0 radical (unpaired) electrons. The standard InChI is InChI=1S/C17H23NO/c1-2-12-8-9-14-15(10-12)17(19)18-11-16(14)13-6-4-3-5-7-13/h8-10,13,16H,2-7,11H2,1H3,(H,18,19). The lowest BCUT2D eigenvalue weighted by molar-refractivity contribution is 0.0931. The summed E-state index contributed by atoms with van der Waals surface area (Å²) in [6.07, 6.45) is 7.76. The molecule has 2 heteroatoms. The third kappa shape index (κ3) is 2.41. The molecule has 0 aromatic heterocycles. The van der Waals surface area contributed by atoms with Gasteiger partial charge in [-0.2, -0.15) is 0 Å². The quantitative estimate of drug-likeness (QED) is 0.860. The summed E-state index contributed by atoms with van der Waals surface area (Å²) in [5, 5.41) is 3.10. The molecule has 1 fully saturated rings. The molecular weight excluding hydrogens is 234 g/mol. The van der Waals surface area contributed by atoms with Crippen molar-refractivity contribution in [3.05, 3.63) is 34.9 Å². The lowest BCUT2D eigenvalue weighted by Gasteiger charge is -2.34. The summed E-state index contributed by atoms with van der Waals surface area (Å²) < 4.78 is 0. The molecular formula is C17H23NO. The number of fused-ring (bicyclic) bond motifs is 1. The van der Waals surface area contributed by atoms with Gasteiger partial charge in [0.2, 0.25) is 0 Å². The number of hydrogen-bond donors (Lipinski definition) is 1. The van der Waals surface area contributed by atoms with Gasteiger partial charge in [-0.25, -0.2) is 0 Å². The molecule has 1 N–H and O–H groups in total. The molecule has 1 aromatic carbocycles. The molecule has 1 aliphatic carbocycles. The first-order valence-corrected chi connectivity index (χ1v) is 7.70. The van der Waals surface area contributed by atoms with Gasteiger partial charge in [-0.15, -0.1) is 0 Å². The number of nitrogens with one attached hydrogen (secondary N) is 1. The summed E-state index contributed by atoms with van der Waals surface area (Å²) in [4.78, 5) is 12.1. The predicted octanol–water partition coefficient (Wildman–Crippen LogP) is 3.66. The molecule has 3 rings (SSSR count). The van der Waals surface area contributed by atoms with Crippen LogP contribution in [0.15, 0.2) is 18.2 Å². The summed E-state index contributed by atoms with van der Waals surface area (Å²) in [6.45, 7) is 2.98. The number of carbonyl (C=O) groups is 1. The van der Waals surface area contributed by atoms with Crippen molar-refractivity contribution in [1.82, 2.24) is 5.32 Å². The van der Waals surface area contributed by atoms with Gasteiger partial charge in [0.25, 0.3) is 5.91 Å². The van der Waals surface area contributed by atoms with Gasteiger partial charge in [-0.05, 0) is 42.4 Å². The zero-order valence-electron chi connectivity index (χ0n) is 11.7. The number of benzene rings is 1. The summed E-state index contributed by atoms with van der Waals surface area (Å²) in [7, 11) is 0. The van der Waals surface area contributed by atoms with Crippen LogP contribution in [0.25, 0.3) is 0 Å². The zero-order valence-corrected chi connectivity index (χ0v) is 11.7. The Kier molecular flexibility index (Phi) is 3.58. The van der Waals surface area contributed by atoms with E-state index in [0.717, 1.165) is 24.4 Å². The second kappa shape index (κ2) is 5.36. The van der Waals surface area contributed by atoms with Crippen molar-refractivity contribution >= 4 is 5.91 Å². The Hall–Kier alpha value is -1.31. The minimum atomic E-state index is 0.123. The van der Waals surface area contributed by atoms with E-state index in [2.05, 4.69) is 30.4 Å². The fraction of sp³-hybridized carbons (Fsp3) is 0.588. The van der Waals surface area contributed by atoms with Crippen LogP contribution in [0.5, 0.6) is 0 Å². The van der Waals surface area contributed by atoms with E-state index in [-0.39, 0.29) is 5.91 Å². The van der Waals surface area contributed by atoms with Crippen LogP contribution < -0.4 is 5.32 Å². The molecule has 2 nitrogen and oxygen atoms in total. The molecule has 2 aliphatic rings. The maximum atomic E-state index is 12.1. The molecule has 0 spiro atoms. The molecule has 1 atom stereocenters. The Bertz CT molecular complexity index is 474. The molecule has 19 heavy (non-hydrogen) atoms. The average Bonchev–Trinajstić information content (AvgIpc) is 2.48. The van der Waals surface area contributed by atoms with Gasteiger partial charge in [0.05, 0.1) is 0 Å². The van der Waals surface area contributed by atoms with Crippen molar-refractivity contribution in [2.75, 3.05) is 6.54 Å². The number of rotatable bonds is 2. The molecule has 0 bridgehead atoms. The first-order valence-electron chi connectivity index (χ1n) is 7.70. The van der Waals surface area contributed by atoms with Crippen LogP contribution in [0.1, 0.15) is 66.4 Å². The van der Waals surface area contributed by atoms with E-state index in [1.807, 2.05) is 0 Å². The topological polar surface area (TPSA) is 29.1 Å². The molecule has 1 unspecified atom stereocenters. The van der Waals surface area contributed by atoms with E-state index < -0.39 is 0 Å². The highest BCUT2D eigenvalue weighted by atomic mass is 16.1. The SMILES string of the molecule is CCc1ccc2c(c1)C(=O)NCC2C1CCCCC1. The average molecular weight is 257 g/mol. The van der Waals surface area contributed by atoms with Crippen LogP contribution >= 0.6 is 0 Å². The monoisotopic (exact) mass is 257 g/mol. The lowest BCUT2D eigenvalue weighted by atomic mass is 9.74. The van der Waals surface area contributed by atoms with Crippen LogP contribution in [0.2, 0.25) is 0 Å². The number of amides is 1. The van der Waals surface area contributed by atoms with Crippen LogP contribution in [0, 0.1) is 5.92 Å². The third-order valence-corrected chi connectivity index (χ3v) is 4.87. The fourth-order valence-corrected chi connectivity index (χ4v) is 3.71. The number of carbonyl (C=O) groups excluding carboxylic acids is 1. The van der Waals surface area contributed by atoms with Gasteiger partial charge >= 0.3 is 0 Å². The Morgan fingerprint density at radius 3 is 2.74 bits per heavy atom. The summed E-state index contributed by atoms with van der Waals surface area (Å²) >= 11 is 0. The molecule has 1 heterocycles. The van der Waals surface area contributed by atoms with Crippen LogP contribution in [-0.4, -0.2) is 12.5 Å². The van der Waals surface area contributed by atoms with E-state index >= 15 is 0 Å². The van der Waals surface area contributed by atoms with Crippen LogP contribution in [0.3, 0.4) is 0 Å². The first-order chi connectivity index (χ1) is 9.29. The second-order valence-electron chi connectivity index (χ2n) is 5.99. The van der Waals surface area contributed by atoms with Crippen molar-refractivity contribution < 1.29 is 4.79 Å². The molecule has 1 aromatic rings. The summed E-state index contributed by atoms with van der Waals surface area (Å²) in [6, 6.07) is 6.51. The van der Waals surface area contributed by atoms with Gasteiger partial charge in [-0.1, -0.05) is 38.3 Å². The van der Waals surface area contributed by atoms with Crippen LogP contribution in [-0.2, 0) is 6.42 Å². The summed E-state index contributed by atoms with van der Waals surface area (Å²) in [5.41, 5.74) is 3.49. The largest absolute Gasteiger partial charge is 0.351 e. The number of aryl methyl sites for hydroxylation is 1. The Morgan fingerprint density at radius 2 is 2.00 bits per heavy atom. The maximum Gasteiger partial charge on any atom is 0.251 e. The van der Waals surface area contributed by atoms with E-state index in [1.54, 1.807) is 0 Å². The normalized spacial score (nSPS) is 23.8. The van der Waals surface area contributed by atoms with Crippen LogP contribution in [0.4, 0.5) is 0 Å². The van der Waals surface area contributed by atoms with Gasteiger partial charge in [-0.3, -0.25) is 4.79 Å². The third-order valence-electron chi connectivity index (χ3n) is 4.87. The van der Waals surface area contributed by atoms with E-state index in [4.69, 9.17) is 0 Å². The van der Waals surface area contributed by atoms with Crippen molar-refractivity contribution in [3.63, 3.8) is 0 Å². The molecule has 1 aliphatic heterocycles. The maximum absolute atomic E-state index is 12.1. The van der Waals surface area contributed by atoms with E-state index in [1.165, 1.54) is 43.2 Å². The minimum Gasteiger partial charge on any atom is -0.351 e. The Labute approximate surface area is 115 Å². The van der Waals surface area contributed by atoms with Crippen molar-refractivity contribution in [1.29, 1.82) is 0 Å². The van der Waals surface area contributed by atoms with Gasteiger partial charge in [0, 0.05) is 18.0 Å². The van der Waals surface area contributed by atoms with E-state index in [0.29, 0.717) is 5.92 Å². The van der Waals surface area contributed by atoms with E-state index in [9.17, 15) is 4.79 Å². The van der Waals surface area contributed by atoms with Crippen molar-refractivity contribution in [2.45, 2.75) is 51.4 Å². The Morgan fingerprint density at radius 1 is 1.21 bits per heavy atom. The Balaban J connectivity index is 1.93. The van der Waals surface area contributed by atoms with Crippen molar-refractivity contribution in [3.8, 4) is 0 Å². The molecule has 1 amide bonds. The highest BCUT2D eigenvalue weighted by Gasteiger charge is 2.31. The molecule has 102 valence electrons. The number of hydrogen-bond acceptors (Lipinski definition) is 1. The van der Waals surface area contributed by atoms with Gasteiger partial charge in [0.15, 0.2) is 0 Å². The highest BCUT2D eigenvalue weighted by molar-refractivity contribution is 5.97. The summed E-state index contributed by atoms with van der Waals surface area (Å²) in [5.74, 6) is 1.43. The fourth-order valence-electron chi connectivity index (χ4n) is 3.71.